The first-order valence-electron chi connectivity index (χ1n) is 8.00. The molecule has 0 spiro atoms. The molecule has 0 saturated heterocycles. The number of nitrogens with two attached hydrogens (primary N) is 1. The van der Waals surface area contributed by atoms with E-state index in [1.165, 1.54) is 12.8 Å². The Balaban J connectivity index is 2.21. The van der Waals surface area contributed by atoms with Crippen LogP contribution in [0.5, 0.6) is 0 Å². The summed E-state index contributed by atoms with van der Waals surface area (Å²) < 4.78 is 0. The van der Waals surface area contributed by atoms with Gasteiger partial charge in [0.15, 0.2) is 0 Å². The van der Waals surface area contributed by atoms with Crippen molar-refractivity contribution in [3.8, 4) is 0 Å². The molecule has 1 heterocycles. The van der Waals surface area contributed by atoms with Crippen molar-refractivity contribution in [2.45, 2.75) is 71.4 Å². The lowest BCUT2D eigenvalue weighted by molar-refractivity contribution is 0.373. The first kappa shape index (κ1) is 15.2. The van der Waals surface area contributed by atoms with E-state index < -0.39 is 0 Å². The molecule has 0 aromatic carbocycles. The van der Waals surface area contributed by atoms with Crippen LogP contribution in [-0.2, 0) is 6.42 Å². The van der Waals surface area contributed by atoms with Gasteiger partial charge >= 0.3 is 0 Å². The molecule has 0 aliphatic heterocycles. The average Bonchev–Trinajstić information content (AvgIpc) is 2.45. The summed E-state index contributed by atoms with van der Waals surface area (Å²) in [6.45, 7) is 7.44. The summed E-state index contributed by atoms with van der Waals surface area (Å²) in [5, 5.41) is 0. The highest BCUT2D eigenvalue weighted by Crippen LogP contribution is 2.26. The Morgan fingerprint density at radius 2 is 1.90 bits per heavy atom. The van der Waals surface area contributed by atoms with Gasteiger partial charge in [-0.25, -0.2) is 9.97 Å². The van der Waals surface area contributed by atoms with Gasteiger partial charge in [-0.1, -0.05) is 13.8 Å². The number of aryl methyl sites for hydroxylation is 2. The quantitative estimate of drug-likeness (QED) is 0.898. The number of aromatic nitrogens is 2. The van der Waals surface area contributed by atoms with Crippen LogP contribution in [0.2, 0.25) is 0 Å². The van der Waals surface area contributed by atoms with Gasteiger partial charge in [0.25, 0.3) is 0 Å². The van der Waals surface area contributed by atoms with Crippen LogP contribution in [-0.4, -0.2) is 28.6 Å². The van der Waals surface area contributed by atoms with Gasteiger partial charge in [0.2, 0.25) is 0 Å². The third-order valence-corrected chi connectivity index (χ3v) is 4.18. The van der Waals surface area contributed by atoms with E-state index in [4.69, 9.17) is 5.73 Å². The monoisotopic (exact) mass is 276 g/mol. The zero-order valence-electron chi connectivity index (χ0n) is 13.1. The standard InChI is InChI=1S/C16H28N4/c1-4-10-20(15-8-6-13(17)7-9-15)16-11-14(5-2)18-12(3)19-16/h11,13,15H,4-10,17H2,1-3H3. The number of anilines is 1. The fraction of sp³-hybridized carbons (Fsp3) is 0.750. The van der Waals surface area contributed by atoms with Gasteiger partial charge in [-0.05, 0) is 45.4 Å². The lowest BCUT2D eigenvalue weighted by atomic mass is 9.90. The van der Waals surface area contributed by atoms with Gasteiger partial charge in [0.05, 0.1) is 0 Å². The van der Waals surface area contributed by atoms with E-state index in [2.05, 4.69) is 34.8 Å². The van der Waals surface area contributed by atoms with Crippen molar-refractivity contribution in [2.24, 2.45) is 5.73 Å². The molecule has 20 heavy (non-hydrogen) atoms. The molecule has 1 aliphatic rings. The molecule has 2 N–H and O–H groups in total. The summed E-state index contributed by atoms with van der Waals surface area (Å²) in [6.07, 6.45) is 6.75. The Kier molecular flexibility index (Phi) is 5.35. The van der Waals surface area contributed by atoms with Gasteiger partial charge in [-0.2, -0.15) is 0 Å². The minimum Gasteiger partial charge on any atom is -0.354 e. The summed E-state index contributed by atoms with van der Waals surface area (Å²) in [5.74, 6) is 1.99. The van der Waals surface area contributed by atoms with Crippen LogP contribution in [0.1, 0.15) is 57.5 Å². The number of nitrogens with zero attached hydrogens (tertiary/aromatic N) is 3. The smallest absolute Gasteiger partial charge is 0.132 e. The van der Waals surface area contributed by atoms with Gasteiger partial charge < -0.3 is 10.6 Å². The van der Waals surface area contributed by atoms with Gasteiger partial charge in [-0.3, -0.25) is 0 Å². The Hall–Kier alpha value is -1.16. The molecule has 0 unspecified atom stereocenters. The minimum atomic E-state index is 0.396. The molecule has 1 saturated carbocycles. The molecule has 112 valence electrons. The lowest BCUT2D eigenvalue weighted by Crippen LogP contribution is -2.42. The van der Waals surface area contributed by atoms with Gasteiger partial charge in [0, 0.05) is 30.4 Å². The van der Waals surface area contributed by atoms with Gasteiger partial charge in [0.1, 0.15) is 11.6 Å². The van der Waals surface area contributed by atoms with E-state index in [0.717, 1.165) is 49.6 Å². The third-order valence-electron chi connectivity index (χ3n) is 4.18. The first-order valence-corrected chi connectivity index (χ1v) is 8.00. The Morgan fingerprint density at radius 1 is 1.20 bits per heavy atom. The van der Waals surface area contributed by atoms with E-state index in [-0.39, 0.29) is 0 Å². The summed E-state index contributed by atoms with van der Waals surface area (Å²) in [4.78, 5) is 11.7. The maximum Gasteiger partial charge on any atom is 0.132 e. The third kappa shape index (κ3) is 3.69. The summed E-state index contributed by atoms with van der Waals surface area (Å²) in [6, 6.07) is 3.15. The second-order valence-electron chi connectivity index (χ2n) is 5.88. The lowest BCUT2D eigenvalue weighted by Gasteiger charge is -2.37. The molecule has 0 bridgehead atoms. The number of rotatable bonds is 5. The molecule has 1 fully saturated rings. The van der Waals surface area contributed by atoms with Crippen molar-refractivity contribution >= 4 is 5.82 Å². The van der Waals surface area contributed by atoms with Crippen LogP contribution < -0.4 is 10.6 Å². The Morgan fingerprint density at radius 3 is 2.50 bits per heavy atom. The molecular formula is C16H28N4. The highest BCUT2D eigenvalue weighted by Gasteiger charge is 2.25. The summed E-state index contributed by atoms with van der Waals surface area (Å²) in [5.41, 5.74) is 7.18. The highest BCUT2D eigenvalue weighted by atomic mass is 15.2. The molecule has 0 atom stereocenters. The van der Waals surface area contributed by atoms with Crippen molar-refractivity contribution < 1.29 is 0 Å². The Bertz CT molecular complexity index is 424. The average molecular weight is 276 g/mol. The first-order chi connectivity index (χ1) is 9.63. The fourth-order valence-corrected chi connectivity index (χ4v) is 3.08. The molecule has 1 aliphatic carbocycles. The van der Waals surface area contributed by atoms with Crippen LogP contribution in [0, 0.1) is 6.92 Å². The summed E-state index contributed by atoms with van der Waals surface area (Å²) in [7, 11) is 0. The van der Waals surface area contributed by atoms with Crippen LogP contribution in [0.25, 0.3) is 0 Å². The van der Waals surface area contributed by atoms with Crippen molar-refractivity contribution in [2.75, 3.05) is 11.4 Å². The number of hydrogen-bond acceptors (Lipinski definition) is 4. The zero-order valence-corrected chi connectivity index (χ0v) is 13.1. The molecule has 4 nitrogen and oxygen atoms in total. The van der Waals surface area contributed by atoms with Crippen molar-refractivity contribution in [1.29, 1.82) is 0 Å². The van der Waals surface area contributed by atoms with Crippen LogP contribution in [0.15, 0.2) is 6.07 Å². The van der Waals surface area contributed by atoms with Crippen molar-refractivity contribution in [1.82, 2.24) is 9.97 Å². The van der Waals surface area contributed by atoms with E-state index in [1.807, 2.05) is 6.92 Å². The zero-order chi connectivity index (χ0) is 14.5. The van der Waals surface area contributed by atoms with Crippen LogP contribution >= 0.6 is 0 Å². The molecule has 4 heteroatoms. The molecular weight excluding hydrogens is 248 g/mol. The SMILES string of the molecule is CCCN(c1cc(CC)nc(C)n1)C1CCC(N)CC1. The minimum absolute atomic E-state index is 0.396. The van der Waals surface area contributed by atoms with E-state index in [9.17, 15) is 0 Å². The summed E-state index contributed by atoms with van der Waals surface area (Å²) >= 11 is 0. The maximum atomic E-state index is 6.04. The van der Waals surface area contributed by atoms with E-state index >= 15 is 0 Å². The second-order valence-corrected chi connectivity index (χ2v) is 5.88. The fourth-order valence-electron chi connectivity index (χ4n) is 3.08. The molecule has 0 amide bonds. The molecule has 1 aromatic rings. The normalized spacial score (nSPS) is 22.8. The van der Waals surface area contributed by atoms with Gasteiger partial charge in [-0.15, -0.1) is 0 Å². The van der Waals surface area contributed by atoms with E-state index in [1.54, 1.807) is 0 Å². The van der Waals surface area contributed by atoms with E-state index in [0.29, 0.717) is 12.1 Å². The van der Waals surface area contributed by atoms with Crippen molar-refractivity contribution in [3.05, 3.63) is 17.6 Å². The maximum absolute atomic E-state index is 6.04. The van der Waals surface area contributed by atoms with Crippen molar-refractivity contribution in [3.63, 3.8) is 0 Å². The largest absolute Gasteiger partial charge is 0.354 e. The van der Waals surface area contributed by atoms with Crippen LogP contribution in [0.3, 0.4) is 0 Å². The Labute approximate surface area is 122 Å². The molecule has 2 rings (SSSR count). The molecule has 0 radical (unpaired) electrons. The second kappa shape index (κ2) is 7.02. The number of hydrogen-bond donors (Lipinski definition) is 1. The predicted octanol–water partition coefficient (Wildman–Crippen LogP) is 2.83. The predicted molar refractivity (Wildman–Crippen MR) is 84.0 cm³/mol. The topological polar surface area (TPSA) is 55.0 Å². The molecule has 1 aromatic heterocycles. The van der Waals surface area contributed by atoms with Crippen LogP contribution in [0.4, 0.5) is 5.82 Å². The highest BCUT2D eigenvalue weighted by molar-refractivity contribution is 5.41.